The maximum atomic E-state index is 15.0. The number of ether oxygens (including phenoxy) is 2. The van der Waals surface area contributed by atoms with Gasteiger partial charge in [0.15, 0.2) is 23.1 Å². The number of halogens is 3. The van der Waals surface area contributed by atoms with E-state index in [-0.39, 0.29) is 21.0 Å². The third-order valence-electron chi connectivity index (χ3n) is 4.93. The first-order valence-corrected chi connectivity index (χ1v) is 11.1. The summed E-state index contributed by atoms with van der Waals surface area (Å²) in [6.45, 7) is 0. The predicted octanol–water partition coefficient (Wildman–Crippen LogP) is 4.45. The molecule has 4 rings (SSSR count). The summed E-state index contributed by atoms with van der Waals surface area (Å²) in [4.78, 5) is 17.2. The lowest BCUT2D eigenvalue weighted by atomic mass is 10.1. The molecule has 0 aliphatic rings. The molecule has 0 radical (unpaired) electrons. The van der Waals surface area contributed by atoms with Crippen LogP contribution in [-0.2, 0) is 10.0 Å². The second-order valence-electron chi connectivity index (χ2n) is 6.79. The lowest BCUT2D eigenvalue weighted by Gasteiger charge is -2.14. The molecule has 0 atom stereocenters. The molecule has 33 heavy (non-hydrogen) atoms. The highest BCUT2D eigenvalue weighted by Crippen LogP contribution is 2.35. The van der Waals surface area contributed by atoms with Crippen molar-refractivity contribution in [3.05, 3.63) is 82.8 Å². The minimum absolute atomic E-state index is 0.00211. The van der Waals surface area contributed by atoms with Gasteiger partial charge in [-0.2, -0.15) is 0 Å². The zero-order valence-electron chi connectivity index (χ0n) is 17.2. The Balaban J connectivity index is 2.06. The van der Waals surface area contributed by atoms with Gasteiger partial charge < -0.3 is 9.47 Å². The van der Waals surface area contributed by atoms with E-state index in [1.165, 1.54) is 36.4 Å². The van der Waals surface area contributed by atoms with E-state index in [9.17, 15) is 13.2 Å². The smallest absolute Gasteiger partial charge is 0.268 e. The van der Waals surface area contributed by atoms with Gasteiger partial charge in [0.1, 0.15) is 16.4 Å². The Hall–Kier alpha value is -3.50. The number of carbonyl (C=O) groups excluding carboxylic acids is 1. The van der Waals surface area contributed by atoms with Crippen LogP contribution in [0.2, 0.25) is 5.15 Å². The minimum Gasteiger partial charge on any atom is -0.494 e. The number of rotatable bonds is 6. The van der Waals surface area contributed by atoms with Crippen LogP contribution in [-0.4, -0.2) is 37.4 Å². The molecule has 0 aliphatic heterocycles. The van der Waals surface area contributed by atoms with Crippen molar-refractivity contribution >= 4 is 38.3 Å². The van der Waals surface area contributed by atoms with E-state index in [0.717, 1.165) is 26.5 Å². The molecule has 2 heterocycles. The van der Waals surface area contributed by atoms with Crippen LogP contribution >= 0.6 is 11.6 Å². The quantitative estimate of drug-likeness (QED) is 0.292. The van der Waals surface area contributed by atoms with E-state index in [4.69, 9.17) is 21.1 Å². The van der Waals surface area contributed by atoms with Crippen LogP contribution in [0.1, 0.15) is 16.1 Å². The topological polar surface area (TPSA) is 87.5 Å². The Kier molecular flexibility index (Phi) is 5.81. The SMILES string of the molecule is COc1cc(OC)c(F)c(C(=O)c2cc3cc(Cl)ncc3n2S(=O)(=O)c2ccccc2)c1F. The molecule has 0 saturated carbocycles. The van der Waals surface area contributed by atoms with Crippen LogP contribution in [0.15, 0.2) is 59.6 Å². The van der Waals surface area contributed by atoms with Gasteiger partial charge in [0.25, 0.3) is 10.0 Å². The summed E-state index contributed by atoms with van der Waals surface area (Å²) in [6, 6.07) is 10.7. The van der Waals surface area contributed by atoms with E-state index < -0.39 is 50.2 Å². The molecule has 0 fully saturated rings. The number of methoxy groups -OCH3 is 2. The molecule has 0 spiro atoms. The van der Waals surface area contributed by atoms with Gasteiger partial charge in [-0.05, 0) is 24.3 Å². The number of nitrogens with zero attached hydrogens (tertiary/aromatic N) is 2. The molecule has 4 aromatic rings. The molecule has 2 aromatic heterocycles. The van der Waals surface area contributed by atoms with Crippen LogP contribution < -0.4 is 9.47 Å². The molecule has 0 amide bonds. The summed E-state index contributed by atoms with van der Waals surface area (Å²) >= 11 is 5.93. The Morgan fingerprint density at radius 3 is 2.18 bits per heavy atom. The van der Waals surface area contributed by atoms with Gasteiger partial charge >= 0.3 is 0 Å². The number of hydrogen-bond acceptors (Lipinski definition) is 6. The Morgan fingerprint density at radius 2 is 1.61 bits per heavy atom. The van der Waals surface area contributed by atoms with Gasteiger partial charge in [0.2, 0.25) is 5.78 Å². The number of carbonyl (C=O) groups is 1. The van der Waals surface area contributed by atoms with Crippen LogP contribution in [0.5, 0.6) is 11.5 Å². The van der Waals surface area contributed by atoms with Crippen molar-refractivity contribution in [1.82, 2.24) is 8.96 Å². The standard InChI is InChI=1S/C22H15ClF2N2O5S/c1-31-16-10-17(32-2)21(25)19(20(16)24)22(28)14-8-12-9-18(23)26-11-15(12)27(14)33(29,30)13-6-4-3-5-7-13/h3-11H,1-2H3. The van der Waals surface area contributed by atoms with Gasteiger partial charge in [-0.25, -0.2) is 26.2 Å². The molecule has 0 saturated heterocycles. The molecule has 11 heteroatoms. The number of fused-ring (bicyclic) bond motifs is 1. The largest absolute Gasteiger partial charge is 0.494 e. The predicted molar refractivity (Wildman–Crippen MR) is 117 cm³/mol. The van der Waals surface area contributed by atoms with Crippen LogP contribution in [0.25, 0.3) is 10.9 Å². The number of benzene rings is 2. The van der Waals surface area contributed by atoms with Crippen molar-refractivity contribution in [3.63, 3.8) is 0 Å². The van der Waals surface area contributed by atoms with Gasteiger partial charge in [-0.1, -0.05) is 29.8 Å². The Labute approximate surface area is 192 Å². The van der Waals surface area contributed by atoms with Crippen LogP contribution in [0.3, 0.4) is 0 Å². The Bertz CT molecular complexity index is 1480. The third-order valence-corrected chi connectivity index (χ3v) is 6.87. The highest BCUT2D eigenvalue weighted by molar-refractivity contribution is 7.90. The normalized spacial score (nSPS) is 11.5. The van der Waals surface area contributed by atoms with Crippen molar-refractivity contribution in [1.29, 1.82) is 0 Å². The molecular formula is C22H15ClF2N2O5S. The van der Waals surface area contributed by atoms with Gasteiger partial charge in [0, 0.05) is 11.5 Å². The molecule has 0 unspecified atom stereocenters. The van der Waals surface area contributed by atoms with E-state index in [2.05, 4.69) is 4.98 Å². The summed E-state index contributed by atoms with van der Waals surface area (Å²) in [5.41, 5.74) is -1.55. The second-order valence-corrected chi connectivity index (χ2v) is 8.97. The molecule has 7 nitrogen and oxygen atoms in total. The van der Waals surface area contributed by atoms with Crippen molar-refractivity contribution in [2.75, 3.05) is 14.2 Å². The van der Waals surface area contributed by atoms with Crippen molar-refractivity contribution in [2.45, 2.75) is 4.90 Å². The van der Waals surface area contributed by atoms with E-state index in [1.54, 1.807) is 6.07 Å². The second kappa shape index (κ2) is 8.45. The number of hydrogen-bond donors (Lipinski definition) is 0. The summed E-state index contributed by atoms with van der Waals surface area (Å²) < 4.78 is 67.5. The van der Waals surface area contributed by atoms with Crippen molar-refractivity contribution < 1.29 is 31.5 Å². The first-order chi connectivity index (χ1) is 15.7. The average Bonchev–Trinajstić information content (AvgIpc) is 3.19. The Morgan fingerprint density at radius 1 is 1.00 bits per heavy atom. The zero-order chi connectivity index (χ0) is 23.9. The molecule has 0 aliphatic carbocycles. The summed E-state index contributed by atoms with van der Waals surface area (Å²) in [5, 5.41) is 0.268. The summed E-state index contributed by atoms with van der Waals surface area (Å²) in [7, 11) is -2.10. The van der Waals surface area contributed by atoms with Crippen molar-refractivity contribution in [2.24, 2.45) is 0 Å². The van der Waals surface area contributed by atoms with E-state index in [1.807, 2.05) is 0 Å². The van der Waals surface area contributed by atoms with Crippen molar-refractivity contribution in [3.8, 4) is 11.5 Å². The summed E-state index contributed by atoms with van der Waals surface area (Å²) in [6.07, 6.45) is 1.16. The zero-order valence-corrected chi connectivity index (χ0v) is 18.7. The fourth-order valence-corrected chi connectivity index (χ4v) is 5.07. The van der Waals surface area contributed by atoms with E-state index in [0.29, 0.717) is 3.97 Å². The maximum Gasteiger partial charge on any atom is 0.268 e. The van der Waals surface area contributed by atoms with Gasteiger partial charge in [-0.15, -0.1) is 0 Å². The molecule has 170 valence electrons. The maximum absolute atomic E-state index is 15.0. The number of aromatic nitrogens is 2. The highest BCUT2D eigenvalue weighted by Gasteiger charge is 2.32. The van der Waals surface area contributed by atoms with Crippen LogP contribution in [0.4, 0.5) is 8.78 Å². The highest BCUT2D eigenvalue weighted by atomic mass is 35.5. The van der Waals surface area contributed by atoms with E-state index >= 15 is 8.78 Å². The van der Waals surface area contributed by atoms with Crippen LogP contribution in [0, 0.1) is 11.6 Å². The minimum atomic E-state index is -4.37. The summed E-state index contributed by atoms with van der Waals surface area (Å²) in [5.74, 6) is -4.74. The fourth-order valence-electron chi connectivity index (χ4n) is 3.39. The van der Waals surface area contributed by atoms with Gasteiger partial charge in [-0.3, -0.25) is 4.79 Å². The first kappa shape index (κ1) is 22.7. The monoisotopic (exact) mass is 492 g/mol. The molecule has 0 bridgehead atoms. The van der Waals surface area contributed by atoms with Gasteiger partial charge in [0.05, 0.1) is 30.8 Å². The average molecular weight is 493 g/mol. The number of pyridine rings is 1. The lowest BCUT2D eigenvalue weighted by molar-refractivity contribution is 0.102. The first-order valence-electron chi connectivity index (χ1n) is 9.33. The lowest BCUT2D eigenvalue weighted by Crippen LogP contribution is -2.20. The third kappa shape index (κ3) is 3.70. The molecule has 0 N–H and O–H groups in total. The fraction of sp³-hybridized carbons (Fsp3) is 0.0909. The molecule has 2 aromatic carbocycles. The molecular weight excluding hydrogens is 478 g/mol. The number of ketones is 1.